The van der Waals surface area contributed by atoms with Gasteiger partial charge in [0, 0.05) is 0 Å². The van der Waals surface area contributed by atoms with E-state index in [1.807, 2.05) is 0 Å². The molecule has 2 rings (SSSR count). The van der Waals surface area contributed by atoms with Crippen molar-refractivity contribution in [1.82, 2.24) is 0 Å². The van der Waals surface area contributed by atoms with Gasteiger partial charge in [-0.15, -0.1) is 0 Å². The van der Waals surface area contributed by atoms with E-state index in [1.165, 1.54) is 12.1 Å². The SMILES string of the molecule is O=C(O)c1ccc(NS(=O)(=O)c2ccc(Cl)c(Cl)c2)cc1F. The first-order valence-corrected chi connectivity index (χ1v) is 7.95. The third kappa shape index (κ3) is 3.49. The third-order valence-electron chi connectivity index (χ3n) is 2.65. The molecule has 0 amide bonds. The van der Waals surface area contributed by atoms with Gasteiger partial charge in [0.05, 0.1) is 26.2 Å². The van der Waals surface area contributed by atoms with Gasteiger partial charge in [-0.05, 0) is 36.4 Å². The summed E-state index contributed by atoms with van der Waals surface area (Å²) in [6.45, 7) is 0. The maximum absolute atomic E-state index is 13.5. The molecule has 0 radical (unpaired) electrons. The van der Waals surface area contributed by atoms with Crippen molar-refractivity contribution in [2.45, 2.75) is 4.90 Å². The summed E-state index contributed by atoms with van der Waals surface area (Å²) >= 11 is 11.5. The van der Waals surface area contributed by atoms with Crippen LogP contribution in [-0.2, 0) is 10.0 Å². The van der Waals surface area contributed by atoms with Crippen LogP contribution < -0.4 is 4.72 Å². The molecule has 0 saturated heterocycles. The highest BCUT2D eigenvalue weighted by molar-refractivity contribution is 7.92. The van der Waals surface area contributed by atoms with E-state index in [1.54, 1.807) is 0 Å². The topological polar surface area (TPSA) is 83.5 Å². The van der Waals surface area contributed by atoms with E-state index in [2.05, 4.69) is 4.72 Å². The Morgan fingerprint density at radius 2 is 1.77 bits per heavy atom. The molecule has 0 aliphatic heterocycles. The van der Waals surface area contributed by atoms with Gasteiger partial charge in [0.25, 0.3) is 10.0 Å². The molecule has 0 aliphatic rings. The summed E-state index contributed by atoms with van der Waals surface area (Å²) in [7, 11) is -4.01. The number of benzene rings is 2. The molecule has 0 spiro atoms. The van der Waals surface area contributed by atoms with Crippen molar-refractivity contribution in [3.63, 3.8) is 0 Å². The van der Waals surface area contributed by atoms with E-state index in [0.29, 0.717) is 0 Å². The van der Waals surface area contributed by atoms with Gasteiger partial charge in [-0.2, -0.15) is 0 Å². The summed E-state index contributed by atoms with van der Waals surface area (Å²) < 4.78 is 40.0. The maximum Gasteiger partial charge on any atom is 0.338 e. The molecule has 0 fully saturated rings. The smallest absolute Gasteiger partial charge is 0.338 e. The van der Waals surface area contributed by atoms with Crippen LogP contribution in [0, 0.1) is 5.82 Å². The van der Waals surface area contributed by atoms with Gasteiger partial charge in [-0.1, -0.05) is 23.2 Å². The van der Waals surface area contributed by atoms with Crippen molar-refractivity contribution >= 4 is 44.9 Å². The molecular weight excluding hydrogens is 356 g/mol. The van der Waals surface area contributed by atoms with Crippen LogP contribution in [0.3, 0.4) is 0 Å². The van der Waals surface area contributed by atoms with Gasteiger partial charge in [0.1, 0.15) is 5.82 Å². The van der Waals surface area contributed by atoms with Crippen LogP contribution in [-0.4, -0.2) is 19.5 Å². The van der Waals surface area contributed by atoms with Crippen molar-refractivity contribution in [3.8, 4) is 0 Å². The Labute approximate surface area is 135 Å². The van der Waals surface area contributed by atoms with Gasteiger partial charge in [-0.25, -0.2) is 17.6 Å². The number of aromatic carboxylic acids is 1. The van der Waals surface area contributed by atoms with Crippen LogP contribution in [0.25, 0.3) is 0 Å². The van der Waals surface area contributed by atoms with E-state index < -0.39 is 27.4 Å². The summed E-state index contributed by atoms with van der Waals surface area (Å²) in [5.41, 5.74) is -0.675. The number of carbonyl (C=O) groups is 1. The molecule has 116 valence electrons. The Kier molecular flexibility index (Phi) is 4.60. The standard InChI is InChI=1S/C13H8Cl2FNO4S/c14-10-4-2-8(6-11(10)15)22(20,21)17-7-1-3-9(13(18)19)12(16)5-7/h1-6,17H,(H,18,19). The first kappa shape index (κ1) is 16.5. The molecule has 0 bridgehead atoms. The van der Waals surface area contributed by atoms with Gasteiger partial charge in [0.15, 0.2) is 0 Å². The van der Waals surface area contributed by atoms with Crippen LogP contribution in [0.1, 0.15) is 10.4 Å². The summed E-state index contributed by atoms with van der Waals surface area (Å²) in [5.74, 6) is -2.50. The maximum atomic E-state index is 13.5. The average molecular weight is 364 g/mol. The fourth-order valence-electron chi connectivity index (χ4n) is 1.61. The summed E-state index contributed by atoms with van der Waals surface area (Å²) in [5, 5.41) is 8.96. The Morgan fingerprint density at radius 1 is 1.09 bits per heavy atom. The zero-order valence-corrected chi connectivity index (χ0v) is 13.0. The second-order valence-corrected chi connectivity index (χ2v) is 6.68. The molecule has 0 saturated carbocycles. The first-order valence-electron chi connectivity index (χ1n) is 5.71. The lowest BCUT2D eigenvalue weighted by Gasteiger charge is -2.09. The normalized spacial score (nSPS) is 11.2. The van der Waals surface area contributed by atoms with Crippen molar-refractivity contribution in [2.75, 3.05) is 4.72 Å². The minimum atomic E-state index is -4.01. The molecule has 0 unspecified atom stereocenters. The van der Waals surface area contributed by atoms with E-state index in [0.717, 1.165) is 24.3 Å². The molecule has 22 heavy (non-hydrogen) atoms. The summed E-state index contributed by atoms with van der Waals surface area (Å²) in [4.78, 5) is 10.5. The number of nitrogens with one attached hydrogen (secondary N) is 1. The molecule has 0 heterocycles. The van der Waals surface area contributed by atoms with Crippen molar-refractivity contribution < 1.29 is 22.7 Å². The Hall–Kier alpha value is -1.83. The molecule has 2 N–H and O–H groups in total. The predicted octanol–water partition coefficient (Wildman–Crippen LogP) is 3.63. The zero-order chi connectivity index (χ0) is 16.5. The van der Waals surface area contributed by atoms with Crippen molar-refractivity contribution in [1.29, 1.82) is 0 Å². The highest BCUT2D eigenvalue weighted by atomic mass is 35.5. The lowest BCUT2D eigenvalue weighted by molar-refractivity contribution is 0.0692. The number of carboxylic acid groups (broad SMARTS) is 1. The van der Waals surface area contributed by atoms with Gasteiger partial charge in [-0.3, -0.25) is 4.72 Å². The van der Waals surface area contributed by atoms with Crippen molar-refractivity contribution in [3.05, 3.63) is 57.8 Å². The van der Waals surface area contributed by atoms with E-state index >= 15 is 0 Å². The molecular formula is C13H8Cl2FNO4S. The second-order valence-electron chi connectivity index (χ2n) is 4.18. The van der Waals surface area contributed by atoms with Gasteiger partial charge < -0.3 is 5.11 Å². The minimum absolute atomic E-state index is 0.0527. The fraction of sp³-hybridized carbons (Fsp3) is 0. The lowest BCUT2D eigenvalue weighted by atomic mass is 10.2. The molecule has 0 aromatic heterocycles. The summed E-state index contributed by atoms with van der Waals surface area (Å²) in [6.07, 6.45) is 0. The Balaban J connectivity index is 2.34. The highest BCUT2D eigenvalue weighted by Gasteiger charge is 2.17. The molecule has 5 nitrogen and oxygen atoms in total. The molecule has 0 aliphatic carbocycles. The lowest BCUT2D eigenvalue weighted by Crippen LogP contribution is -2.13. The van der Waals surface area contributed by atoms with Crippen molar-refractivity contribution in [2.24, 2.45) is 0 Å². The zero-order valence-electron chi connectivity index (χ0n) is 10.7. The first-order chi connectivity index (χ1) is 10.2. The van der Waals surface area contributed by atoms with E-state index in [9.17, 15) is 17.6 Å². The van der Waals surface area contributed by atoms with Crippen LogP contribution in [0.5, 0.6) is 0 Å². The van der Waals surface area contributed by atoms with Crippen LogP contribution in [0.2, 0.25) is 10.0 Å². The predicted molar refractivity (Wildman–Crippen MR) is 80.6 cm³/mol. The second kappa shape index (κ2) is 6.12. The van der Waals surface area contributed by atoms with E-state index in [-0.39, 0.29) is 20.6 Å². The molecule has 9 heteroatoms. The highest BCUT2D eigenvalue weighted by Crippen LogP contribution is 2.26. The molecule has 0 atom stereocenters. The number of anilines is 1. The number of rotatable bonds is 4. The minimum Gasteiger partial charge on any atom is -0.478 e. The van der Waals surface area contributed by atoms with E-state index in [4.69, 9.17) is 28.3 Å². The molecule has 2 aromatic rings. The number of hydrogen-bond acceptors (Lipinski definition) is 3. The average Bonchev–Trinajstić information content (AvgIpc) is 2.40. The number of halogens is 3. The monoisotopic (exact) mass is 363 g/mol. The van der Waals surface area contributed by atoms with Crippen LogP contribution in [0.15, 0.2) is 41.3 Å². The fourth-order valence-corrected chi connectivity index (χ4v) is 3.05. The summed E-state index contributed by atoms with van der Waals surface area (Å²) in [6, 6.07) is 6.57. The number of sulfonamides is 1. The Bertz CT molecular complexity index is 855. The van der Waals surface area contributed by atoms with Crippen LogP contribution in [0.4, 0.5) is 10.1 Å². The third-order valence-corrected chi connectivity index (χ3v) is 4.77. The molecule has 2 aromatic carbocycles. The number of hydrogen-bond donors (Lipinski definition) is 2. The van der Waals surface area contributed by atoms with Gasteiger partial charge in [0.2, 0.25) is 0 Å². The largest absolute Gasteiger partial charge is 0.478 e. The van der Waals surface area contributed by atoms with Crippen LogP contribution >= 0.6 is 23.2 Å². The Morgan fingerprint density at radius 3 is 2.32 bits per heavy atom. The van der Waals surface area contributed by atoms with Gasteiger partial charge >= 0.3 is 5.97 Å². The quantitative estimate of drug-likeness (QED) is 0.868. The number of carboxylic acids is 1.